The SMILES string of the molecule is CC(C)(F)C1CCC(CN2CC[C@@H](O)[C@H](O)C2)CC1. The number of piperidine rings is 1. The molecule has 0 aromatic rings. The van der Waals surface area contributed by atoms with E-state index < -0.39 is 17.9 Å². The fraction of sp³-hybridized carbons (Fsp3) is 1.00. The number of aliphatic hydroxyl groups is 2. The van der Waals surface area contributed by atoms with E-state index in [-0.39, 0.29) is 5.92 Å². The highest BCUT2D eigenvalue weighted by molar-refractivity contribution is 4.86. The molecule has 4 heteroatoms. The number of β-amino-alcohol motifs (C(OH)–C–C–N with tert-alkyl or cyclic N) is 1. The fourth-order valence-electron chi connectivity index (χ4n) is 3.55. The Bertz CT molecular complexity index is 284. The number of hydrogen-bond acceptors (Lipinski definition) is 3. The first-order chi connectivity index (χ1) is 8.86. The van der Waals surface area contributed by atoms with Gasteiger partial charge in [-0.25, -0.2) is 4.39 Å². The van der Waals surface area contributed by atoms with E-state index >= 15 is 0 Å². The van der Waals surface area contributed by atoms with Gasteiger partial charge in [0.15, 0.2) is 0 Å². The lowest BCUT2D eigenvalue weighted by Gasteiger charge is -2.39. The average Bonchev–Trinajstić information content (AvgIpc) is 2.33. The molecule has 2 aliphatic rings. The van der Waals surface area contributed by atoms with Crippen molar-refractivity contribution in [2.24, 2.45) is 11.8 Å². The van der Waals surface area contributed by atoms with Gasteiger partial charge in [0.25, 0.3) is 0 Å². The molecular weight excluding hydrogens is 245 g/mol. The maximum Gasteiger partial charge on any atom is 0.108 e. The molecule has 1 aliphatic carbocycles. The molecule has 0 amide bonds. The lowest BCUT2D eigenvalue weighted by atomic mass is 9.75. The highest BCUT2D eigenvalue weighted by Crippen LogP contribution is 2.37. The van der Waals surface area contributed by atoms with Crippen molar-refractivity contribution in [3.63, 3.8) is 0 Å². The van der Waals surface area contributed by atoms with Crippen molar-refractivity contribution >= 4 is 0 Å². The summed E-state index contributed by atoms with van der Waals surface area (Å²) in [6.07, 6.45) is 3.64. The molecule has 0 unspecified atom stereocenters. The van der Waals surface area contributed by atoms with Gasteiger partial charge in [0.1, 0.15) is 5.67 Å². The molecule has 0 bridgehead atoms. The third-order valence-electron chi connectivity index (χ3n) is 4.96. The van der Waals surface area contributed by atoms with Crippen molar-refractivity contribution in [1.82, 2.24) is 4.90 Å². The molecule has 1 saturated carbocycles. The fourth-order valence-corrected chi connectivity index (χ4v) is 3.55. The topological polar surface area (TPSA) is 43.7 Å². The van der Waals surface area contributed by atoms with Crippen LogP contribution in [0.2, 0.25) is 0 Å². The quantitative estimate of drug-likeness (QED) is 0.826. The Labute approximate surface area is 115 Å². The summed E-state index contributed by atoms with van der Waals surface area (Å²) in [6.45, 7) is 5.83. The van der Waals surface area contributed by atoms with Gasteiger partial charge in [-0.15, -0.1) is 0 Å². The van der Waals surface area contributed by atoms with Crippen molar-refractivity contribution in [3.05, 3.63) is 0 Å². The molecule has 1 heterocycles. The van der Waals surface area contributed by atoms with Gasteiger partial charge in [0, 0.05) is 19.6 Å². The normalized spacial score (nSPS) is 38.4. The van der Waals surface area contributed by atoms with Gasteiger partial charge >= 0.3 is 0 Å². The van der Waals surface area contributed by atoms with Crippen LogP contribution >= 0.6 is 0 Å². The van der Waals surface area contributed by atoms with Crippen molar-refractivity contribution in [3.8, 4) is 0 Å². The Balaban J connectivity index is 1.74. The van der Waals surface area contributed by atoms with Crippen LogP contribution in [-0.4, -0.2) is 52.6 Å². The maximum absolute atomic E-state index is 13.9. The van der Waals surface area contributed by atoms with Crippen LogP contribution in [0.3, 0.4) is 0 Å². The summed E-state index contributed by atoms with van der Waals surface area (Å²) in [6, 6.07) is 0. The zero-order valence-corrected chi connectivity index (χ0v) is 12.2. The molecule has 1 saturated heterocycles. The van der Waals surface area contributed by atoms with Gasteiger partial charge in [-0.2, -0.15) is 0 Å². The van der Waals surface area contributed by atoms with E-state index in [0.717, 1.165) is 38.8 Å². The van der Waals surface area contributed by atoms with Crippen LogP contribution in [0.4, 0.5) is 4.39 Å². The molecule has 0 radical (unpaired) electrons. The monoisotopic (exact) mass is 273 g/mol. The lowest BCUT2D eigenvalue weighted by Crippen LogP contribution is -2.48. The number of aliphatic hydroxyl groups excluding tert-OH is 2. The molecule has 2 fully saturated rings. The van der Waals surface area contributed by atoms with Gasteiger partial charge < -0.3 is 15.1 Å². The lowest BCUT2D eigenvalue weighted by molar-refractivity contribution is -0.0439. The zero-order valence-electron chi connectivity index (χ0n) is 12.2. The summed E-state index contributed by atoms with van der Waals surface area (Å²) in [5, 5.41) is 19.2. The first-order valence-corrected chi connectivity index (χ1v) is 7.63. The van der Waals surface area contributed by atoms with E-state index in [0.29, 0.717) is 18.9 Å². The number of hydrogen-bond donors (Lipinski definition) is 2. The van der Waals surface area contributed by atoms with Gasteiger partial charge in [-0.1, -0.05) is 0 Å². The second kappa shape index (κ2) is 6.06. The Morgan fingerprint density at radius 3 is 2.21 bits per heavy atom. The van der Waals surface area contributed by atoms with E-state index in [4.69, 9.17) is 0 Å². The molecule has 1 aliphatic heterocycles. The molecule has 0 aromatic carbocycles. The molecule has 2 N–H and O–H groups in total. The minimum absolute atomic E-state index is 0.206. The van der Waals surface area contributed by atoms with E-state index in [2.05, 4.69) is 4.90 Å². The number of rotatable bonds is 3. The number of likely N-dealkylation sites (tertiary alicyclic amines) is 1. The first kappa shape index (κ1) is 15.2. The smallest absolute Gasteiger partial charge is 0.108 e. The summed E-state index contributed by atoms with van der Waals surface area (Å²) < 4.78 is 13.9. The minimum Gasteiger partial charge on any atom is -0.390 e. The van der Waals surface area contributed by atoms with Crippen molar-refractivity contribution in [2.45, 2.75) is 63.8 Å². The van der Waals surface area contributed by atoms with E-state index in [1.165, 1.54) is 0 Å². The highest BCUT2D eigenvalue weighted by atomic mass is 19.1. The average molecular weight is 273 g/mol. The van der Waals surface area contributed by atoms with Crippen molar-refractivity contribution in [1.29, 1.82) is 0 Å². The van der Waals surface area contributed by atoms with Crippen molar-refractivity contribution in [2.75, 3.05) is 19.6 Å². The van der Waals surface area contributed by atoms with Crippen LogP contribution in [0.1, 0.15) is 46.0 Å². The van der Waals surface area contributed by atoms with Crippen LogP contribution in [-0.2, 0) is 0 Å². The predicted molar refractivity (Wildman–Crippen MR) is 73.7 cm³/mol. The van der Waals surface area contributed by atoms with Gasteiger partial charge in [-0.3, -0.25) is 0 Å². The molecular formula is C15H28FNO2. The molecule has 2 rings (SSSR count). The molecule has 2 atom stereocenters. The van der Waals surface area contributed by atoms with Crippen LogP contribution in [0, 0.1) is 11.8 Å². The summed E-state index contributed by atoms with van der Waals surface area (Å²) in [7, 11) is 0. The third-order valence-corrected chi connectivity index (χ3v) is 4.96. The molecule has 0 aromatic heterocycles. The third kappa shape index (κ3) is 4.14. The van der Waals surface area contributed by atoms with Crippen LogP contribution in [0.15, 0.2) is 0 Å². The summed E-state index contributed by atoms with van der Waals surface area (Å²) in [5.74, 6) is 0.832. The van der Waals surface area contributed by atoms with Crippen LogP contribution in [0.5, 0.6) is 0 Å². The molecule has 112 valence electrons. The molecule has 3 nitrogen and oxygen atoms in total. The predicted octanol–water partition coefficient (Wildman–Crippen LogP) is 1.97. The minimum atomic E-state index is -1.05. The van der Waals surface area contributed by atoms with Crippen LogP contribution in [0.25, 0.3) is 0 Å². The Kier molecular flexibility index (Phi) is 4.85. The Hall–Kier alpha value is -0.190. The van der Waals surface area contributed by atoms with Crippen LogP contribution < -0.4 is 0 Å². The summed E-state index contributed by atoms with van der Waals surface area (Å²) in [4.78, 5) is 2.25. The number of alkyl halides is 1. The van der Waals surface area contributed by atoms with E-state index in [1.54, 1.807) is 13.8 Å². The van der Waals surface area contributed by atoms with Gasteiger partial charge in [0.2, 0.25) is 0 Å². The van der Waals surface area contributed by atoms with Crippen molar-refractivity contribution < 1.29 is 14.6 Å². The first-order valence-electron chi connectivity index (χ1n) is 7.63. The largest absolute Gasteiger partial charge is 0.390 e. The standard InChI is InChI=1S/C15H28FNO2/c1-15(2,16)12-5-3-11(4-6-12)9-17-8-7-13(18)14(19)10-17/h11-14,18-19H,3-10H2,1-2H3/t11?,12?,13-,14-/m1/s1. The highest BCUT2D eigenvalue weighted by Gasteiger charge is 2.34. The van der Waals surface area contributed by atoms with Gasteiger partial charge in [-0.05, 0) is 57.8 Å². The second-order valence-corrected chi connectivity index (χ2v) is 6.97. The zero-order chi connectivity index (χ0) is 14.0. The Morgan fingerprint density at radius 1 is 1.05 bits per heavy atom. The molecule has 0 spiro atoms. The number of halogens is 1. The van der Waals surface area contributed by atoms with E-state index in [1.807, 2.05) is 0 Å². The number of nitrogens with zero attached hydrogens (tertiary/aromatic N) is 1. The summed E-state index contributed by atoms with van der Waals surface area (Å²) in [5.41, 5.74) is -1.05. The van der Waals surface area contributed by atoms with E-state index in [9.17, 15) is 14.6 Å². The maximum atomic E-state index is 13.9. The molecule has 19 heavy (non-hydrogen) atoms. The van der Waals surface area contributed by atoms with Gasteiger partial charge in [0.05, 0.1) is 12.2 Å². The summed E-state index contributed by atoms with van der Waals surface area (Å²) >= 11 is 0. The Morgan fingerprint density at radius 2 is 1.68 bits per heavy atom. The second-order valence-electron chi connectivity index (χ2n) is 6.97.